The van der Waals surface area contributed by atoms with Gasteiger partial charge in [0.15, 0.2) is 0 Å². The fourth-order valence-electron chi connectivity index (χ4n) is 2.02. The third-order valence-corrected chi connectivity index (χ3v) is 3.72. The highest BCUT2D eigenvalue weighted by Crippen LogP contribution is 2.24. The third kappa shape index (κ3) is 3.72. The number of hydrogen-bond donors (Lipinski definition) is 2. The number of aliphatic hydroxyl groups excluding tert-OH is 1. The smallest absolute Gasteiger partial charge is 0.294 e. The number of nitrogens with one attached hydrogen (secondary N) is 1. The molecule has 2 N–H and O–H groups in total. The number of carbonyl (C=O) groups is 1. The van der Waals surface area contributed by atoms with Crippen molar-refractivity contribution in [3.05, 3.63) is 52.6 Å². The molecular formula is C15H18N4O4. The average molecular weight is 318 g/mol. The predicted octanol–water partition coefficient (Wildman–Crippen LogP) is 1.53. The normalized spacial score (nSPS) is 13.3. The van der Waals surface area contributed by atoms with Crippen LogP contribution in [0, 0.1) is 16.0 Å². The second-order valence-electron chi connectivity index (χ2n) is 5.35. The zero-order chi connectivity index (χ0) is 17.0. The molecule has 1 aromatic carbocycles. The monoisotopic (exact) mass is 318 g/mol. The van der Waals surface area contributed by atoms with Crippen molar-refractivity contribution in [3.63, 3.8) is 0 Å². The molecule has 2 rings (SSSR count). The van der Waals surface area contributed by atoms with E-state index in [1.165, 1.54) is 35.3 Å². The van der Waals surface area contributed by atoms with Crippen LogP contribution < -0.4 is 5.32 Å². The van der Waals surface area contributed by atoms with Crippen molar-refractivity contribution in [1.29, 1.82) is 0 Å². The van der Waals surface area contributed by atoms with Crippen molar-refractivity contribution in [3.8, 4) is 5.69 Å². The second kappa shape index (κ2) is 7.01. The first-order valence-corrected chi connectivity index (χ1v) is 7.12. The van der Waals surface area contributed by atoms with E-state index in [0.29, 0.717) is 5.69 Å². The summed E-state index contributed by atoms with van der Waals surface area (Å²) < 4.78 is 1.51. The second-order valence-corrected chi connectivity index (χ2v) is 5.35. The van der Waals surface area contributed by atoms with Gasteiger partial charge < -0.3 is 15.0 Å². The van der Waals surface area contributed by atoms with Gasteiger partial charge in [0, 0.05) is 36.7 Å². The largest absolute Gasteiger partial charge is 0.396 e. The molecule has 1 amide bonds. The van der Waals surface area contributed by atoms with Crippen LogP contribution in [0.2, 0.25) is 0 Å². The van der Waals surface area contributed by atoms with Gasteiger partial charge in [-0.15, -0.1) is 0 Å². The quantitative estimate of drug-likeness (QED) is 0.620. The number of amides is 1. The molecule has 2 aromatic rings. The van der Waals surface area contributed by atoms with Crippen molar-refractivity contribution in [2.75, 3.05) is 6.61 Å². The number of aromatic nitrogens is 2. The van der Waals surface area contributed by atoms with E-state index in [-0.39, 0.29) is 29.8 Å². The zero-order valence-corrected chi connectivity index (χ0v) is 12.8. The van der Waals surface area contributed by atoms with E-state index in [1.54, 1.807) is 20.0 Å². The van der Waals surface area contributed by atoms with Crippen molar-refractivity contribution in [2.45, 2.75) is 19.9 Å². The lowest BCUT2D eigenvalue weighted by atomic mass is 10.0. The van der Waals surface area contributed by atoms with Gasteiger partial charge in [0.25, 0.3) is 11.6 Å². The lowest BCUT2D eigenvalue weighted by Gasteiger charge is -2.19. The van der Waals surface area contributed by atoms with Gasteiger partial charge in [-0.25, -0.2) is 4.98 Å². The van der Waals surface area contributed by atoms with Gasteiger partial charge in [-0.2, -0.15) is 0 Å². The molecule has 2 atom stereocenters. The molecule has 8 heteroatoms. The van der Waals surface area contributed by atoms with Crippen LogP contribution in [0.5, 0.6) is 0 Å². The third-order valence-electron chi connectivity index (χ3n) is 3.72. The average Bonchev–Trinajstić information content (AvgIpc) is 3.07. The van der Waals surface area contributed by atoms with Crippen molar-refractivity contribution >= 4 is 11.6 Å². The molecule has 0 saturated heterocycles. The lowest BCUT2D eigenvalue weighted by Crippen LogP contribution is -2.38. The van der Waals surface area contributed by atoms with Crippen LogP contribution in [-0.2, 0) is 0 Å². The molecule has 1 heterocycles. The highest BCUT2D eigenvalue weighted by Gasteiger charge is 2.20. The van der Waals surface area contributed by atoms with Crippen LogP contribution in [-0.4, -0.2) is 38.1 Å². The van der Waals surface area contributed by atoms with E-state index >= 15 is 0 Å². The van der Waals surface area contributed by atoms with Gasteiger partial charge in [0.1, 0.15) is 5.69 Å². The standard InChI is InChI=1S/C15H18N4O4/c1-10(8-20)11(2)17-15(21)12-3-4-13(14(7-12)19(22)23)18-6-5-16-9-18/h3-7,9-11,20H,8H2,1-2H3,(H,17,21). The molecule has 23 heavy (non-hydrogen) atoms. The van der Waals surface area contributed by atoms with E-state index in [4.69, 9.17) is 5.11 Å². The fraction of sp³-hybridized carbons (Fsp3) is 0.333. The van der Waals surface area contributed by atoms with E-state index in [9.17, 15) is 14.9 Å². The van der Waals surface area contributed by atoms with Crippen LogP contribution in [0.4, 0.5) is 5.69 Å². The molecule has 0 aliphatic carbocycles. The number of nitrogens with zero attached hydrogens (tertiary/aromatic N) is 3. The van der Waals surface area contributed by atoms with Gasteiger partial charge in [-0.1, -0.05) is 6.92 Å². The van der Waals surface area contributed by atoms with E-state index in [2.05, 4.69) is 10.3 Å². The number of imidazole rings is 1. The molecule has 1 aromatic heterocycles. The summed E-state index contributed by atoms with van der Waals surface area (Å²) >= 11 is 0. The van der Waals surface area contributed by atoms with Crippen LogP contribution in [0.25, 0.3) is 5.69 Å². The number of benzene rings is 1. The Hall–Kier alpha value is -2.74. The summed E-state index contributed by atoms with van der Waals surface area (Å²) in [7, 11) is 0. The minimum Gasteiger partial charge on any atom is -0.396 e. The number of carbonyl (C=O) groups excluding carboxylic acids is 1. The first-order valence-electron chi connectivity index (χ1n) is 7.12. The Morgan fingerprint density at radius 1 is 1.48 bits per heavy atom. The van der Waals surface area contributed by atoms with Gasteiger partial charge in [-0.3, -0.25) is 14.9 Å². The van der Waals surface area contributed by atoms with Gasteiger partial charge in [-0.05, 0) is 25.0 Å². The van der Waals surface area contributed by atoms with Crippen LogP contribution in [0.3, 0.4) is 0 Å². The Labute approximate surface area is 132 Å². The maximum Gasteiger partial charge on any atom is 0.294 e. The molecule has 0 bridgehead atoms. The Balaban J connectivity index is 2.29. The van der Waals surface area contributed by atoms with Crippen molar-refractivity contribution < 1.29 is 14.8 Å². The highest BCUT2D eigenvalue weighted by molar-refractivity contribution is 5.95. The number of hydrogen-bond acceptors (Lipinski definition) is 5. The maximum absolute atomic E-state index is 12.2. The van der Waals surface area contributed by atoms with Gasteiger partial charge in [0.05, 0.1) is 11.3 Å². The Bertz CT molecular complexity index is 700. The SMILES string of the molecule is CC(CO)C(C)NC(=O)c1ccc(-n2ccnc2)c([N+](=O)[O-])c1. The maximum atomic E-state index is 12.2. The van der Waals surface area contributed by atoms with E-state index in [1.807, 2.05) is 0 Å². The molecule has 0 saturated carbocycles. The van der Waals surface area contributed by atoms with Crippen molar-refractivity contribution in [2.24, 2.45) is 5.92 Å². The van der Waals surface area contributed by atoms with E-state index < -0.39 is 10.8 Å². The van der Waals surface area contributed by atoms with Crippen LogP contribution in [0.1, 0.15) is 24.2 Å². The zero-order valence-electron chi connectivity index (χ0n) is 12.8. The minimum atomic E-state index is -0.536. The minimum absolute atomic E-state index is 0.0544. The first-order chi connectivity index (χ1) is 10.9. The summed E-state index contributed by atoms with van der Waals surface area (Å²) in [6, 6.07) is 4.02. The number of aliphatic hydroxyl groups is 1. The summed E-state index contributed by atoms with van der Waals surface area (Å²) in [5, 5.41) is 23.1. The number of nitro benzene ring substituents is 1. The van der Waals surface area contributed by atoms with Gasteiger partial charge in [0.2, 0.25) is 0 Å². The van der Waals surface area contributed by atoms with Crippen molar-refractivity contribution in [1.82, 2.24) is 14.9 Å². The first kappa shape index (κ1) is 16.6. The highest BCUT2D eigenvalue weighted by atomic mass is 16.6. The molecule has 0 spiro atoms. The Kier molecular flexibility index (Phi) is 5.07. The molecule has 0 fully saturated rings. The molecule has 0 radical (unpaired) electrons. The molecular weight excluding hydrogens is 300 g/mol. The molecule has 2 unspecified atom stereocenters. The summed E-state index contributed by atoms with van der Waals surface area (Å²) in [6.07, 6.45) is 4.56. The summed E-state index contributed by atoms with van der Waals surface area (Å²) in [6.45, 7) is 3.52. The van der Waals surface area contributed by atoms with Gasteiger partial charge >= 0.3 is 0 Å². The van der Waals surface area contributed by atoms with Crippen LogP contribution in [0.15, 0.2) is 36.9 Å². The summed E-state index contributed by atoms with van der Waals surface area (Å²) in [4.78, 5) is 26.8. The van der Waals surface area contributed by atoms with Crippen LogP contribution >= 0.6 is 0 Å². The molecule has 0 aliphatic rings. The number of nitro groups is 1. The molecule has 0 aliphatic heterocycles. The Morgan fingerprint density at radius 3 is 2.78 bits per heavy atom. The van der Waals surface area contributed by atoms with E-state index in [0.717, 1.165) is 0 Å². The Morgan fingerprint density at radius 2 is 2.22 bits per heavy atom. The summed E-state index contributed by atoms with van der Waals surface area (Å²) in [5.74, 6) is -0.530. The molecule has 8 nitrogen and oxygen atoms in total. The molecule has 122 valence electrons. The lowest BCUT2D eigenvalue weighted by molar-refractivity contribution is -0.384. The summed E-state index contributed by atoms with van der Waals surface area (Å²) in [5.41, 5.74) is 0.344. The number of rotatable bonds is 6. The predicted molar refractivity (Wildman–Crippen MR) is 83.4 cm³/mol. The fourth-order valence-corrected chi connectivity index (χ4v) is 2.02. The topological polar surface area (TPSA) is 110 Å².